The Kier molecular flexibility index (Phi) is 4.22. The molecule has 2 atom stereocenters. The number of thiophene rings is 1. The maximum absolute atomic E-state index is 6.04. The number of hydrogen-bond acceptors (Lipinski definition) is 3. The molecule has 0 radical (unpaired) electrons. The predicted octanol–water partition coefficient (Wildman–Crippen LogP) is 4.34. The van der Waals surface area contributed by atoms with Crippen molar-refractivity contribution >= 4 is 34.7 Å². The van der Waals surface area contributed by atoms with Gasteiger partial charge < -0.3 is 5.32 Å². The van der Waals surface area contributed by atoms with Crippen molar-refractivity contribution < 1.29 is 0 Å². The van der Waals surface area contributed by atoms with Crippen molar-refractivity contribution in [1.29, 1.82) is 0 Å². The highest BCUT2D eigenvalue weighted by Gasteiger charge is 2.38. The van der Waals surface area contributed by atoms with E-state index in [-0.39, 0.29) is 0 Å². The fourth-order valence-electron chi connectivity index (χ4n) is 2.33. The summed E-state index contributed by atoms with van der Waals surface area (Å²) in [7, 11) is 0. The average molecular weight is 276 g/mol. The molecule has 0 saturated carbocycles. The monoisotopic (exact) mass is 275 g/mol. The van der Waals surface area contributed by atoms with Gasteiger partial charge in [-0.2, -0.15) is 11.8 Å². The molecular weight excluding hydrogens is 258 g/mol. The van der Waals surface area contributed by atoms with Gasteiger partial charge in [0.25, 0.3) is 0 Å². The van der Waals surface area contributed by atoms with Crippen LogP contribution >= 0.6 is 34.7 Å². The number of thioether (sulfide) groups is 1. The van der Waals surface area contributed by atoms with Crippen LogP contribution in [-0.2, 0) is 0 Å². The van der Waals surface area contributed by atoms with Gasteiger partial charge in [0, 0.05) is 9.62 Å². The molecule has 0 bridgehead atoms. The third-order valence-electron chi connectivity index (χ3n) is 3.15. The molecule has 2 heterocycles. The van der Waals surface area contributed by atoms with E-state index < -0.39 is 0 Å². The minimum atomic E-state index is 0.337. The maximum atomic E-state index is 6.04. The molecule has 16 heavy (non-hydrogen) atoms. The van der Waals surface area contributed by atoms with Crippen molar-refractivity contribution in [2.45, 2.75) is 37.5 Å². The van der Waals surface area contributed by atoms with Crippen LogP contribution in [0.15, 0.2) is 12.1 Å². The molecule has 0 aromatic carbocycles. The number of nitrogens with one attached hydrogen (secondary N) is 1. The van der Waals surface area contributed by atoms with E-state index in [0.29, 0.717) is 10.8 Å². The Hall–Kier alpha value is 0.300. The summed E-state index contributed by atoms with van der Waals surface area (Å²) in [4.78, 5) is 1.38. The van der Waals surface area contributed by atoms with Crippen LogP contribution in [0.1, 0.15) is 37.6 Å². The van der Waals surface area contributed by atoms with Crippen molar-refractivity contribution in [3.63, 3.8) is 0 Å². The Morgan fingerprint density at radius 3 is 2.88 bits per heavy atom. The van der Waals surface area contributed by atoms with Gasteiger partial charge in [-0.1, -0.05) is 18.5 Å². The van der Waals surface area contributed by atoms with Crippen LogP contribution in [0.2, 0.25) is 4.34 Å². The van der Waals surface area contributed by atoms with Crippen molar-refractivity contribution in [1.82, 2.24) is 5.32 Å². The van der Waals surface area contributed by atoms with Crippen molar-refractivity contribution in [2.24, 2.45) is 0 Å². The first-order valence-corrected chi connectivity index (χ1v) is 7.96. The third-order valence-corrected chi connectivity index (χ3v) is 6.03. The second-order valence-corrected chi connectivity index (χ2v) is 7.77. The minimum absolute atomic E-state index is 0.337. The van der Waals surface area contributed by atoms with Crippen LogP contribution in [-0.4, -0.2) is 17.0 Å². The lowest BCUT2D eigenvalue weighted by Crippen LogP contribution is -2.36. The second-order valence-electron chi connectivity index (χ2n) is 4.40. The van der Waals surface area contributed by atoms with Gasteiger partial charge >= 0.3 is 0 Å². The molecule has 1 aliphatic rings. The zero-order chi connectivity index (χ0) is 11.6. The first-order valence-electron chi connectivity index (χ1n) is 5.78. The zero-order valence-electron chi connectivity index (χ0n) is 9.75. The lowest BCUT2D eigenvalue weighted by molar-refractivity contribution is 0.427. The molecule has 1 aromatic heterocycles. The fourth-order valence-corrected chi connectivity index (χ4v) is 5.12. The summed E-state index contributed by atoms with van der Waals surface area (Å²) < 4.78 is 1.23. The number of halogens is 1. The smallest absolute Gasteiger partial charge is 0.0931 e. The third kappa shape index (κ3) is 2.58. The summed E-state index contributed by atoms with van der Waals surface area (Å²) >= 11 is 9.85. The molecule has 0 aliphatic carbocycles. The minimum Gasteiger partial charge on any atom is -0.308 e. The Bertz CT molecular complexity index is 345. The largest absolute Gasteiger partial charge is 0.308 e. The highest BCUT2D eigenvalue weighted by Crippen LogP contribution is 2.48. The van der Waals surface area contributed by atoms with E-state index in [4.69, 9.17) is 11.6 Å². The molecule has 1 nitrogen and oxygen atoms in total. The van der Waals surface area contributed by atoms with E-state index in [0.717, 1.165) is 10.9 Å². The van der Waals surface area contributed by atoms with Crippen molar-refractivity contribution in [2.75, 3.05) is 12.3 Å². The predicted molar refractivity (Wildman–Crippen MR) is 75.8 cm³/mol. The highest BCUT2D eigenvalue weighted by molar-refractivity contribution is 8.00. The molecule has 0 amide bonds. The van der Waals surface area contributed by atoms with Gasteiger partial charge in [0.1, 0.15) is 0 Å². The molecule has 4 heteroatoms. The van der Waals surface area contributed by atoms with Crippen LogP contribution in [0, 0.1) is 0 Å². The molecule has 2 unspecified atom stereocenters. The molecule has 1 N–H and O–H groups in total. The number of rotatable bonds is 4. The lowest BCUT2D eigenvalue weighted by Gasteiger charge is -2.33. The summed E-state index contributed by atoms with van der Waals surface area (Å²) in [6.07, 6.45) is 2.63. The Labute approximate surface area is 111 Å². The maximum Gasteiger partial charge on any atom is 0.0931 e. The van der Waals surface area contributed by atoms with Gasteiger partial charge in [-0.25, -0.2) is 0 Å². The van der Waals surface area contributed by atoms with Gasteiger partial charge in [0.15, 0.2) is 0 Å². The lowest BCUT2D eigenvalue weighted by atomic mass is 9.95. The first kappa shape index (κ1) is 12.7. The van der Waals surface area contributed by atoms with Crippen molar-refractivity contribution in [3.8, 4) is 0 Å². The van der Waals surface area contributed by atoms with Gasteiger partial charge in [0.2, 0.25) is 0 Å². The molecule has 1 fully saturated rings. The van der Waals surface area contributed by atoms with Gasteiger partial charge in [-0.05, 0) is 44.2 Å². The van der Waals surface area contributed by atoms with E-state index in [2.05, 4.69) is 37.0 Å². The molecule has 0 spiro atoms. The molecular formula is C12H18ClNS2. The molecule has 1 saturated heterocycles. The summed E-state index contributed by atoms with van der Waals surface area (Å²) in [6, 6.07) is 4.63. The SMILES string of the molecule is CCNC(c1ccc(Cl)s1)C1(C)CCCS1. The standard InChI is InChI=1S/C12H18ClNS2/c1-3-14-11(9-5-6-10(13)16-9)12(2)7-4-8-15-12/h5-6,11,14H,3-4,7-8H2,1-2H3. The molecule has 90 valence electrons. The van der Waals surface area contributed by atoms with Crippen LogP contribution in [0.5, 0.6) is 0 Å². The summed E-state index contributed by atoms with van der Waals surface area (Å²) in [5, 5.41) is 3.63. The van der Waals surface area contributed by atoms with E-state index in [9.17, 15) is 0 Å². The van der Waals surface area contributed by atoms with Crippen LogP contribution in [0.3, 0.4) is 0 Å². The topological polar surface area (TPSA) is 12.0 Å². The fraction of sp³-hybridized carbons (Fsp3) is 0.667. The summed E-state index contributed by atoms with van der Waals surface area (Å²) in [6.45, 7) is 5.56. The Balaban J connectivity index is 2.22. The molecule has 2 rings (SSSR count). The van der Waals surface area contributed by atoms with Crippen LogP contribution in [0.4, 0.5) is 0 Å². The van der Waals surface area contributed by atoms with E-state index in [1.54, 1.807) is 11.3 Å². The highest BCUT2D eigenvalue weighted by atomic mass is 35.5. The van der Waals surface area contributed by atoms with Crippen LogP contribution in [0.25, 0.3) is 0 Å². The van der Waals surface area contributed by atoms with E-state index >= 15 is 0 Å². The normalized spacial score (nSPS) is 27.2. The zero-order valence-corrected chi connectivity index (χ0v) is 12.1. The summed E-state index contributed by atoms with van der Waals surface area (Å²) in [5.74, 6) is 1.29. The van der Waals surface area contributed by atoms with Crippen LogP contribution < -0.4 is 5.32 Å². The molecule has 1 aliphatic heterocycles. The summed E-state index contributed by atoms with van der Waals surface area (Å²) in [5.41, 5.74) is 0. The van der Waals surface area contributed by atoms with E-state index in [1.165, 1.54) is 23.5 Å². The van der Waals surface area contributed by atoms with E-state index in [1.807, 2.05) is 6.07 Å². The second kappa shape index (κ2) is 5.30. The Morgan fingerprint density at radius 1 is 1.56 bits per heavy atom. The number of hydrogen-bond donors (Lipinski definition) is 1. The van der Waals surface area contributed by atoms with Gasteiger partial charge in [0.05, 0.1) is 10.4 Å². The van der Waals surface area contributed by atoms with Gasteiger partial charge in [-0.15, -0.1) is 11.3 Å². The quantitative estimate of drug-likeness (QED) is 0.877. The Morgan fingerprint density at radius 2 is 2.38 bits per heavy atom. The average Bonchev–Trinajstić information content (AvgIpc) is 2.85. The molecule has 1 aromatic rings. The van der Waals surface area contributed by atoms with Gasteiger partial charge in [-0.3, -0.25) is 0 Å². The first-order chi connectivity index (χ1) is 7.65. The van der Waals surface area contributed by atoms with Crippen molar-refractivity contribution in [3.05, 3.63) is 21.3 Å².